The molecule has 0 bridgehead atoms. The highest BCUT2D eigenvalue weighted by atomic mass is 16.5. The number of carbonyl (C=O) groups is 2. The van der Waals surface area contributed by atoms with E-state index in [1.807, 2.05) is 24.3 Å². The van der Waals surface area contributed by atoms with E-state index in [2.05, 4.69) is 22.3 Å². The third-order valence-corrected chi connectivity index (χ3v) is 3.31. The second-order valence-corrected chi connectivity index (χ2v) is 5.09. The van der Waals surface area contributed by atoms with Gasteiger partial charge in [-0.15, -0.1) is 0 Å². The van der Waals surface area contributed by atoms with E-state index in [-0.39, 0.29) is 6.03 Å². The summed E-state index contributed by atoms with van der Waals surface area (Å²) in [6, 6.07) is 13.9. The van der Waals surface area contributed by atoms with Crippen molar-refractivity contribution in [2.75, 3.05) is 17.7 Å². The van der Waals surface area contributed by atoms with Gasteiger partial charge in [0.05, 0.1) is 12.7 Å². The maximum atomic E-state index is 12.0. The molecule has 0 aliphatic heterocycles. The monoisotopic (exact) mass is 312 g/mol. The molecule has 2 aromatic rings. The van der Waals surface area contributed by atoms with Crippen molar-refractivity contribution in [1.82, 2.24) is 0 Å². The van der Waals surface area contributed by atoms with Crippen molar-refractivity contribution >= 4 is 23.4 Å². The number of methoxy groups -OCH3 is 1. The number of ether oxygens (including phenoxy) is 1. The summed E-state index contributed by atoms with van der Waals surface area (Å²) in [6.45, 7) is 2.13. The first kappa shape index (κ1) is 16.5. The molecule has 0 aliphatic carbocycles. The van der Waals surface area contributed by atoms with Crippen LogP contribution >= 0.6 is 0 Å². The van der Waals surface area contributed by atoms with Crippen LogP contribution in [0.25, 0.3) is 0 Å². The lowest BCUT2D eigenvalue weighted by molar-refractivity contribution is 0.0601. The molecule has 2 aromatic carbocycles. The van der Waals surface area contributed by atoms with Gasteiger partial charge in [-0.3, -0.25) is 0 Å². The average Bonchev–Trinajstić information content (AvgIpc) is 2.57. The number of anilines is 2. The fourth-order valence-electron chi connectivity index (χ4n) is 2.14. The van der Waals surface area contributed by atoms with E-state index < -0.39 is 5.97 Å². The second kappa shape index (κ2) is 7.98. The van der Waals surface area contributed by atoms with E-state index >= 15 is 0 Å². The standard InChI is InChI=1S/C18H20N2O3/c1-3-4-13-5-9-15(10-6-13)19-18(22)20-16-11-7-14(8-12-16)17(21)23-2/h5-12H,3-4H2,1-2H3,(H2,19,20,22). The molecule has 0 fully saturated rings. The van der Waals surface area contributed by atoms with Crippen molar-refractivity contribution in [3.05, 3.63) is 59.7 Å². The molecule has 0 heterocycles. The molecule has 0 aromatic heterocycles. The van der Waals surface area contributed by atoms with Gasteiger partial charge in [0.25, 0.3) is 0 Å². The zero-order chi connectivity index (χ0) is 16.7. The SMILES string of the molecule is CCCc1ccc(NC(=O)Nc2ccc(C(=O)OC)cc2)cc1. The first-order valence-corrected chi connectivity index (χ1v) is 7.47. The molecule has 0 radical (unpaired) electrons. The summed E-state index contributed by atoms with van der Waals surface area (Å²) in [5.74, 6) is -0.409. The number of carbonyl (C=O) groups excluding carboxylic acids is 2. The molecule has 2 amide bonds. The molecule has 0 aliphatic rings. The molecule has 0 saturated heterocycles. The number of esters is 1. The van der Waals surface area contributed by atoms with Crippen LogP contribution in [0.4, 0.5) is 16.2 Å². The molecule has 0 spiro atoms. The van der Waals surface area contributed by atoms with Crippen molar-refractivity contribution in [2.24, 2.45) is 0 Å². The summed E-state index contributed by atoms with van der Waals surface area (Å²) in [4.78, 5) is 23.3. The first-order chi connectivity index (χ1) is 11.1. The Morgan fingerprint density at radius 2 is 1.43 bits per heavy atom. The van der Waals surface area contributed by atoms with Crippen LogP contribution in [-0.2, 0) is 11.2 Å². The van der Waals surface area contributed by atoms with E-state index in [9.17, 15) is 9.59 Å². The molecule has 120 valence electrons. The van der Waals surface area contributed by atoms with Gasteiger partial charge < -0.3 is 15.4 Å². The third-order valence-electron chi connectivity index (χ3n) is 3.31. The van der Waals surface area contributed by atoms with E-state index in [0.29, 0.717) is 11.3 Å². The maximum Gasteiger partial charge on any atom is 0.337 e. The van der Waals surface area contributed by atoms with Crippen molar-refractivity contribution in [3.8, 4) is 0 Å². The Kier molecular flexibility index (Phi) is 5.74. The minimum atomic E-state index is -0.409. The fraction of sp³-hybridized carbons (Fsp3) is 0.222. The average molecular weight is 312 g/mol. The van der Waals surface area contributed by atoms with Crippen LogP contribution in [0.15, 0.2) is 48.5 Å². The van der Waals surface area contributed by atoms with E-state index in [1.165, 1.54) is 12.7 Å². The van der Waals surface area contributed by atoms with Gasteiger partial charge in [0, 0.05) is 11.4 Å². The van der Waals surface area contributed by atoms with Gasteiger partial charge in [0.2, 0.25) is 0 Å². The van der Waals surface area contributed by atoms with Crippen LogP contribution < -0.4 is 10.6 Å². The summed E-state index contributed by atoms with van der Waals surface area (Å²) in [5, 5.41) is 5.48. The Hall–Kier alpha value is -2.82. The summed E-state index contributed by atoms with van der Waals surface area (Å²) < 4.78 is 4.62. The minimum absolute atomic E-state index is 0.334. The minimum Gasteiger partial charge on any atom is -0.465 e. The van der Waals surface area contributed by atoms with E-state index in [1.54, 1.807) is 24.3 Å². The van der Waals surface area contributed by atoms with Gasteiger partial charge in [0.1, 0.15) is 0 Å². The normalized spacial score (nSPS) is 10.0. The van der Waals surface area contributed by atoms with Gasteiger partial charge >= 0.3 is 12.0 Å². The molecule has 5 nitrogen and oxygen atoms in total. The number of aryl methyl sites for hydroxylation is 1. The van der Waals surface area contributed by atoms with Crippen molar-refractivity contribution in [2.45, 2.75) is 19.8 Å². The number of rotatable bonds is 5. The number of urea groups is 1. The highest BCUT2D eigenvalue weighted by Crippen LogP contribution is 2.13. The molecule has 0 saturated carbocycles. The molecule has 0 atom stereocenters. The molecule has 23 heavy (non-hydrogen) atoms. The maximum absolute atomic E-state index is 12.0. The van der Waals surface area contributed by atoms with Gasteiger partial charge in [-0.2, -0.15) is 0 Å². The van der Waals surface area contributed by atoms with E-state index in [0.717, 1.165) is 18.5 Å². The Morgan fingerprint density at radius 1 is 0.913 bits per heavy atom. The smallest absolute Gasteiger partial charge is 0.337 e. The van der Waals surface area contributed by atoms with Crippen LogP contribution in [0.3, 0.4) is 0 Å². The summed E-state index contributed by atoms with van der Waals surface area (Å²) in [5.41, 5.74) is 3.01. The van der Waals surface area contributed by atoms with Crippen LogP contribution in [0.1, 0.15) is 29.3 Å². The summed E-state index contributed by atoms with van der Waals surface area (Å²) in [6.07, 6.45) is 2.12. The van der Waals surface area contributed by atoms with Crippen LogP contribution in [0.2, 0.25) is 0 Å². The fourth-order valence-corrected chi connectivity index (χ4v) is 2.14. The lowest BCUT2D eigenvalue weighted by Crippen LogP contribution is -2.19. The highest BCUT2D eigenvalue weighted by molar-refractivity contribution is 6.00. The van der Waals surface area contributed by atoms with Crippen LogP contribution in [0, 0.1) is 0 Å². The van der Waals surface area contributed by atoms with Crippen LogP contribution in [0.5, 0.6) is 0 Å². The topological polar surface area (TPSA) is 67.4 Å². The summed E-state index contributed by atoms with van der Waals surface area (Å²) in [7, 11) is 1.33. The lowest BCUT2D eigenvalue weighted by Gasteiger charge is -2.09. The lowest BCUT2D eigenvalue weighted by atomic mass is 10.1. The molecular weight excluding hydrogens is 292 g/mol. The van der Waals surface area contributed by atoms with Gasteiger partial charge in [0.15, 0.2) is 0 Å². The first-order valence-electron chi connectivity index (χ1n) is 7.47. The molecule has 2 rings (SSSR count). The number of hydrogen-bond acceptors (Lipinski definition) is 3. The van der Waals surface area contributed by atoms with Crippen molar-refractivity contribution < 1.29 is 14.3 Å². The second-order valence-electron chi connectivity index (χ2n) is 5.09. The van der Waals surface area contributed by atoms with Gasteiger partial charge in [-0.05, 0) is 48.4 Å². The van der Waals surface area contributed by atoms with Crippen molar-refractivity contribution in [1.29, 1.82) is 0 Å². The Bertz CT molecular complexity index is 664. The zero-order valence-electron chi connectivity index (χ0n) is 13.3. The number of amides is 2. The molecular formula is C18H20N2O3. The molecule has 5 heteroatoms. The molecule has 0 unspecified atom stereocenters. The number of nitrogens with one attached hydrogen (secondary N) is 2. The number of benzene rings is 2. The third kappa shape index (κ3) is 4.85. The predicted molar refractivity (Wildman–Crippen MR) is 90.9 cm³/mol. The van der Waals surface area contributed by atoms with Crippen molar-refractivity contribution in [3.63, 3.8) is 0 Å². The Balaban J connectivity index is 1.92. The predicted octanol–water partition coefficient (Wildman–Crippen LogP) is 4.07. The Labute approximate surface area is 135 Å². The Morgan fingerprint density at radius 3 is 1.91 bits per heavy atom. The summed E-state index contributed by atoms with van der Waals surface area (Å²) >= 11 is 0. The highest BCUT2D eigenvalue weighted by Gasteiger charge is 2.06. The largest absolute Gasteiger partial charge is 0.465 e. The quantitative estimate of drug-likeness (QED) is 0.818. The van der Waals surface area contributed by atoms with Gasteiger partial charge in [-0.25, -0.2) is 9.59 Å². The van der Waals surface area contributed by atoms with E-state index in [4.69, 9.17) is 0 Å². The molecule has 2 N–H and O–H groups in total. The van der Waals surface area contributed by atoms with Crippen LogP contribution in [-0.4, -0.2) is 19.1 Å². The van der Waals surface area contributed by atoms with Gasteiger partial charge in [-0.1, -0.05) is 25.5 Å². The number of hydrogen-bond donors (Lipinski definition) is 2. The zero-order valence-corrected chi connectivity index (χ0v) is 13.3.